The maximum Gasteiger partial charge on any atom is 0.338 e. The number of allylic oxidation sites excluding steroid dienone is 1. The summed E-state index contributed by atoms with van der Waals surface area (Å²) in [7, 11) is -9.17. The van der Waals surface area contributed by atoms with E-state index in [1.54, 1.807) is 31.4 Å². The minimum absolute atomic E-state index is 0.0220. The van der Waals surface area contributed by atoms with Crippen LogP contribution in [0.15, 0.2) is 79.4 Å². The minimum atomic E-state index is -2.66. The molecule has 1 aromatic carbocycles. The standard InChI is InChI=1S/C77H136O15Si5/c1-32-36-61-68(88-72(80)54-37-34-33-35-38-54)70(91-96(28,29)76(14,15)16)71(92-97(30,31)77(17,18)19)69(87-61)62(90-95(26,27)75(11,12)13)43-40-55(78)39-41-56-46-52(3)60(84-56)44-42-57-45-51(2)53(4)63(85-57)49-64-59(48-66(79)81-20)67(82-21)65(86-64)47-58(89-94(24,25)74(8,9)10)50-83-93(22,23)73(5,6)7/h32-35,37-38,40,43,51,56-65,67-71H,1,3-4,36,39,41-42,44-50H2,2,5-31H3/t51-,56+,57+,58?,59+,60+,61?,62+,63-,64+,65-,67-,68?,69?,70?,71?/m1/s1. The van der Waals surface area contributed by atoms with Gasteiger partial charge in [-0.3, -0.25) is 9.59 Å². The minimum Gasteiger partial charge on any atom is -0.469 e. The predicted molar refractivity (Wildman–Crippen MR) is 406 cm³/mol. The van der Waals surface area contributed by atoms with Crippen LogP contribution in [0.2, 0.25) is 90.7 Å². The third-order valence-corrected chi connectivity index (χ3v) is 46.2. The molecule has 4 aliphatic heterocycles. The number of hydrogen-bond donors (Lipinski definition) is 0. The number of ether oxygens (including phenoxy) is 7. The second-order valence-corrected chi connectivity index (χ2v) is 60.2. The van der Waals surface area contributed by atoms with Crippen LogP contribution in [-0.4, -0.2) is 166 Å². The lowest BCUT2D eigenvalue weighted by Crippen LogP contribution is -2.68. The maximum absolute atomic E-state index is 14.5. The summed E-state index contributed by atoms with van der Waals surface area (Å²) in [6, 6.07) is 9.04. The number of benzene rings is 1. The molecule has 0 saturated carbocycles. The molecule has 5 rings (SSSR count). The molecule has 4 aliphatic rings. The van der Waals surface area contributed by atoms with Gasteiger partial charge in [-0.2, -0.15) is 0 Å². The number of esters is 2. The molecule has 1 aromatic rings. The molecule has 97 heavy (non-hydrogen) atoms. The Labute approximate surface area is 594 Å². The highest BCUT2D eigenvalue weighted by molar-refractivity contribution is 6.76. The Morgan fingerprint density at radius 2 is 1.16 bits per heavy atom. The summed E-state index contributed by atoms with van der Waals surface area (Å²) in [5, 5.41) is -0.642. The lowest BCUT2D eigenvalue weighted by atomic mass is 9.82. The van der Waals surface area contributed by atoms with Gasteiger partial charge in [0.25, 0.3) is 0 Å². The van der Waals surface area contributed by atoms with E-state index in [9.17, 15) is 14.4 Å². The molecular formula is C77H136O15Si5. The summed E-state index contributed by atoms with van der Waals surface area (Å²) in [6.07, 6.45) is 3.94. The van der Waals surface area contributed by atoms with Crippen LogP contribution < -0.4 is 0 Å². The zero-order chi connectivity index (χ0) is 73.6. The summed E-state index contributed by atoms with van der Waals surface area (Å²) in [6.45, 7) is 71.7. The fourth-order valence-electron chi connectivity index (χ4n) is 12.2. The molecule has 0 radical (unpaired) electrons. The van der Waals surface area contributed by atoms with Gasteiger partial charge in [0, 0.05) is 32.3 Å². The summed E-state index contributed by atoms with van der Waals surface area (Å²) >= 11 is 0. The van der Waals surface area contributed by atoms with Gasteiger partial charge in [0.2, 0.25) is 0 Å². The smallest absolute Gasteiger partial charge is 0.338 e. The van der Waals surface area contributed by atoms with Crippen molar-refractivity contribution >= 4 is 59.3 Å². The van der Waals surface area contributed by atoms with Gasteiger partial charge in [0.15, 0.2) is 53.5 Å². The Morgan fingerprint density at radius 1 is 0.619 bits per heavy atom. The van der Waals surface area contributed by atoms with Gasteiger partial charge < -0.3 is 55.3 Å². The second-order valence-electron chi connectivity index (χ2n) is 36.3. The van der Waals surface area contributed by atoms with Gasteiger partial charge in [-0.05, 0) is 164 Å². The zero-order valence-corrected chi connectivity index (χ0v) is 70.9. The molecule has 4 saturated heterocycles. The van der Waals surface area contributed by atoms with Gasteiger partial charge in [-0.15, -0.1) is 6.58 Å². The van der Waals surface area contributed by atoms with E-state index in [0.29, 0.717) is 44.3 Å². The summed E-state index contributed by atoms with van der Waals surface area (Å²) in [5.41, 5.74) is 2.47. The van der Waals surface area contributed by atoms with Crippen LogP contribution in [0, 0.1) is 11.8 Å². The first-order valence-corrected chi connectivity index (χ1v) is 50.9. The highest BCUT2D eigenvalue weighted by Crippen LogP contribution is 2.49. The lowest BCUT2D eigenvalue weighted by molar-refractivity contribution is -0.227. The fraction of sp³-hybridized carbons (Fsp3) is 0.779. The number of methoxy groups -OCH3 is 2. The normalized spacial score (nSPS) is 28.5. The number of hydrogen-bond acceptors (Lipinski definition) is 15. The highest BCUT2D eigenvalue weighted by Gasteiger charge is 2.58. The van der Waals surface area contributed by atoms with E-state index in [1.807, 2.05) is 24.3 Å². The number of rotatable bonds is 31. The van der Waals surface area contributed by atoms with Gasteiger partial charge in [-0.25, -0.2) is 4.79 Å². The first kappa shape index (κ1) is 85.1. The number of carbonyl (C=O) groups excluding carboxylic acids is 3. The molecule has 4 heterocycles. The Kier molecular flexibility index (Phi) is 29.4. The van der Waals surface area contributed by atoms with Crippen molar-refractivity contribution in [3.63, 3.8) is 0 Å². The fourth-order valence-corrected chi connectivity index (χ4v) is 18.4. The van der Waals surface area contributed by atoms with Crippen LogP contribution in [-0.2, 0) is 64.9 Å². The van der Waals surface area contributed by atoms with E-state index in [4.69, 9.17) is 55.3 Å². The second kappa shape index (κ2) is 33.5. The third kappa shape index (κ3) is 22.5. The molecule has 0 amide bonds. The van der Waals surface area contributed by atoms with Crippen molar-refractivity contribution in [1.29, 1.82) is 0 Å². The first-order valence-electron chi connectivity index (χ1n) is 36.3. The Hall–Kier alpha value is -2.53. The van der Waals surface area contributed by atoms with Crippen LogP contribution in [0.25, 0.3) is 0 Å². The van der Waals surface area contributed by atoms with Crippen molar-refractivity contribution in [2.24, 2.45) is 11.8 Å². The SMILES string of the molecule is C=CCC1OC([C@H](C=CC(=O)CC[C@H]2CC(=C)[C@H](CC[C@H]3C[C@@H](C)C(=C)[C@@H](C[C@@H]4O[C@H](CC(CO[Si](C)(C)C(C)(C)C)O[Si](C)(C)C(C)(C)C)[C@H](OC)[C@H]4CC(=O)OC)O3)O2)O[Si](C)(C)C(C)(C)C)C(O[Si](C)(C)C(C)(C)C)C(O[Si](C)(C)C(C)(C)C)C1OC(=O)c1ccccc1. The highest BCUT2D eigenvalue weighted by atomic mass is 28.4. The molecule has 20 heteroatoms. The average molecular weight is 1440 g/mol. The van der Waals surface area contributed by atoms with Gasteiger partial charge >= 0.3 is 11.9 Å². The van der Waals surface area contributed by atoms with Crippen molar-refractivity contribution in [3.05, 3.63) is 85.0 Å². The molecule has 0 aromatic heterocycles. The molecule has 16 atom stereocenters. The zero-order valence-electron chi connectivity index (χ0n) is 65.9. The predicted octanol–water partition coefficient (Wildman–Crippen LogP) is 18.6. The summed E-state index contributed by atoms with van der Waals surface area (Å²) in [5.74, 6) is -0.943. The topological polar surface area (TPSA) is 162 Å². The maximum atomic E-state index is 14.5. The largest absolute Gasteiger partial charge is 0.469 e. The van der Waals surface area contributed by atoms with E-state index in [0.717, 1.165) is 30.4 Å². The van der Waals surface area contributed by atoms with Crippen LogP contribution in [0.3, 0.4) is 0 Å². The van der Waals surface area contributed by atoms with Crippen molar-refractivity contribution < 1.29 is 69.7 Å². The van der Waals surface area contributed by atoms with Gasteiger partial charge in [0.1, 0.15) is 24.4 Å². The van der Waals surface area contributed by atoms with Crippen LogP contribution in [0.1, 0.15) is 185 Å². The molecule has 0 N–H and O–H groups in total. The number of carbonyl (C=O) groups is 3. The first-order chi connectivity index (χ1) is 44.3. The van der Waals surface area contributed by atoms with Crippen LogP contribution >= 0.6 is 0 Å². The lowest BCUT2D eigenvalue weighted by Gasteiger charge is -2.54. The monoisotopic (exact) mass is 1440 g/mol. The molecular weight excluding hydrogens is 1310 g/mol. The van der Waals surface area contributed by atoms with Crippen molar-refractivity contribution in [2.45, 2.75) is 351 Å². The molecule has 0 spiro atoms. The van der Waals surface area contributed by atoms with Crippen LogP contribution in [0.4, 0.5) is 0 Å². The molecule has 0 aliphatic carbocycles. The Morgan fingerprint density at radius 3 is 1.70 bits per heavy atom. The van der Waals surface area contributed by atoms with Crippen molar-refractivity contribution in [3.8, 4) is 0 Å². The molecule has 15 nitrogen and oxygen atoms in total. The van der Waals surface area contributed by atoms with E-state index < -0.39 is 90.3 Å². The Balaban J connectivity index is 1.36. The molecule has 0 bridgehead atoms. The number of ketones is 1. The van der Waals surface area contributed by atoms with E-state index >= 15 is 0 Å². The molecule has 554 valence electrons. The van der Waals surface area contributed by atoms with E-state index in [-0.39, 0.29) is 104 Å². The molecule has 6 unspecified atom stereocenters. The van der Waals surface area contributed by atoms with Crippen molar-refractivity contribution in [1.82, 2.24) is 0 Å². The quantitative estimate of drug-likeness (QED) is 0.0298. The van der Waals surface area contributed by atoms with Gasteiger partial charge in [0.05, 0.1) is 80.6 Å². The van der Waals surface area contributed by atoms with Crippen molar-refractivity contribution in [2.75, 3.05) is 20.8 Å². The van der Waals surface area contributed by atoms with E-state index in [1.165, 1.54) is 7.11 Å². The summed E-state index contributed by atoms with van der Waals surface area (Å²) in [4.78, 5) is 41.9. The molecule has 4 fully saturated rings. The third-order valence-electron chi connectivity index (χ3n) is 23.8. The average Bonchev–Trinajstić information content (AvgIpc) is 1.13. The Bertz CT molecular complexity index is 2800. The summed E-state index contributed by atoms with van der Waals surface area (Å²) < 4.78 is 83.2. The van der Waals surface area contributed by atoms with Gasteiger partial charge in [-0.1, -0.05) is 154 Å². The van der Waals surface area contributed by atoms with E-state index in [2.05, 4.69) is 196 Å². The van der Waals surface area contributed by atoms with Crippen LogP contribution in [0.5, 0.6) is 0 Å².